The summed E-state index contributed by atoms with van der Waals surface area (Å²) in [5.41, 5.74) is 0. The predicted molar refractivity (Wildman–Crippen MR) is 71.1 cm³/mol. The molecule has 0 unspecified atom stereocenters. The van der Waals surface area contributed by atoms with Gasteiger partial charge in [-0.15, -0.1) is 0 Å². The second kappa shape index (κ2) is 5.32. The minimum Gasteiger partial charge on any atom is -0.465 e. The number of carbonyl (C=O) groups excluding carboxylic acids is 2. The Morgan fingerprint density at radius 2 is 1.32 bits per heavy atom. The van der Waals surface area contributed by atoms with Crippen LogP contribution in [0.3, 0.4) is 0 Å². The summed E-state index contributed by atoms with van der Waals surface area (Å²) in [4.78, 5) is 23.0. The molecule has 3 nitrogen and oxygen atoms in total. The molecule has 0 saturated heterocycles. The third kappa shape index (κ3) is 2.80. The highest BCUT2D eigenvalue weighted by atomic mass is 16.3. The topological polar surface area (TPSA) is 47.3 Å². The van der Waals surface area contributed by atoms with Crippen molar-refractivity contribution in [3.8, 4) is 0 Å². The lowest BCUT2D eigenvalue weighted by atomic mass is 9.86. The van der Waals surface area contributed by atoms with Gasteiger partial charge in [0.05, 0.1) is 0 Å². The molecule has 0 bridgehead atoms. The maximum absolute atomic E-state index is 11.5. The van der Waals surface area contributed by atoms with E-state index in [2.05, 4.69) is 0 Å². The van der Waals surface area contributed by atoms with E-state index in [9.17, 15) is 9.59 Å². The number of furan rings is 1. The Morgan fingerprint density at radius 3 is 1.74 bits per heavy atom. The number of ketones is 2. The molecule has 0 aromatic carbocycles. The average molecular weight is 260 g/mol. The molecule has 0 spiro atoms. The van der Waals surface area contributed by atoms with E-state index in [0.29, 0.717) is 24.4 Å². The van der Waals surface area contributed by atoms with Gasteiger partial charge in [-0.05, 0) is 37.8 Å². The van der Waals surface area contributed by atoms with Crippen LogP contribution in [0.4, 0.5) is 0 Å². The molecule has 2 aliphatic carbocycles. The molecule has 2 fully saturated rings. The van der Waals surface area contributed by atoms with Crippen LogP contribution in [0.1, 0.15) is 74.7 Å². The normalized spacial score (nSPS) is 28.6. The van der Waals surface area contributed by atoms with Gasteiger partial charge >= 0.3 is 0 Å². The second-order valence-corrected chi connectivity index (χ2v) is 5.90. The molecular formula is C16H20O3. The molecular weight excluding hydrogens is 240 g/mol. The smallest absolute Gasteiger partial charge is 0.133 e. The molecule has 0 aliphatic heterocycles. The molecule has 2 atom stereocenters. The quantitative estimate of drug-likeness (QED) is 0.814. The molecule has 19 heavy (non-hydrogen) atoms. The first-order valence-corrected chi connectivity index (χ1v) is 7.35. The van der Waals surface area contributed by atoms with E-state index >= 15 is 0 Å². The number of hydrogen-bond donors (Lipinski definition) is 0. The highest BCUT2D eigenvalue weighted by Crippen LogP contribution is 2.36. The highest BCUT2D eigenvalue weighted by molar-refractivity contribution is 5.80. The molecule has 2 aliphatic rings. The van der Waals surface area contributed by atoms with E-state index < -0.39 is 0 Å². The molecule has 102 valence electrons. The molecule has 1 aromatic rings. The van der Waals surface area contributed by atoms with Crippen molar-refractivity contribution in [1.82, 2.24) is 0 Å². The van der Waals surface area contributed by atoms with E-state index in [4.69, 9.17) is 4.42 Å². The van der Waals surface area contributed by atoms with Crippen LogP contribution in [0.5, 0.6) is 0 Å². The van der Waals surface area contributed by atoms with Crippen LogP contribution in [-0.2, 0) is 9.59 Å². The van der Waals surface area contributed by atoms with Crippen molar-refractivity contribution in [2.45, 2.75) is 63.2 Å². The summed E-state index contributed by atoms with van der Waals surface area (Å²) in [6.45, 7) is 0. The van der Waals surface area contributed by atoms with Crippen molar-refractivity contribution in [2.24, 2.45) is 0 Å². The van der Waals surface area contributed by atoms with Gasteiger partial charge in [0.2, 0.25) is 0 Å². The van der Waals surface area contributed by atoms with Crippen LogP contribution in [0.25, 0.3) is 0 Å². The molecule has 2 saturated carbocycles. The lowest BCUT2D eigenvalue weighted by Gasteiger charge is -2.20. The minimum absolute atomic E-state index is 0.259. The maximum atomic E-state index is 11.5. The molecule has 1 aromatic heterocycles. The fourth-order valence-corrected chi connectivity index (χ4v) is 3.34. The van der Waals surface area contributed by atoms with E-state index in [-0.39, 0.29) is 11.8 Å². The monoisotopic (exact) mass is 260 g/mol. The summed E-state index contributed by atoms with van der Waals surface area (Å²) in [5.74, 6) is 3.11. The molecule has 0 radical (unpaired) electrons. The molecule has 3 rings (SSSR count). The van der Waals surface area contributed by atoms with Crippen molar-refractivity contribution < 1.29 is 14.0 Å². The molecule has 0 amide bonds. The molecule has 3 heteroatoms. The summed E-state index contributed by atoms with van der Waals surface area (Å²) < 4.78 is 5.95. The Balaban J connectivity index is 1.71. The number of rotatable bonds is 2. The largest absolute Gasteiger partial charge is 0.465 e. The van der Waals surface area contributed by atoms with Crippen molar-refractivity contribution in [3.05, 3.63) is 23.7 Å². The van der Waals surface area contributed by atoms with Crippen LogP contribution < -0.4 is 0 Å². The fraction of sp³-hybridized carbons (Fsp3) is 0.625. The summed E-state index contributed by atoms with van der Waals surface area (Å²) >= 11 is 0. The first-order chi connectivity index (χ1) is 9.22. The van der Waals surface area contributed by atoms with Crippen molar-refractivity contribution in [3.63, 3.8) is 0 Å². The number of Topliss-reactive ketones (excluding diaryl/α,β-unsaturated/α-hetero) is 2. The summed E-state index contributed by atoms with van der Waals surface area (Å²) in [6.07, 6.45) is 6.73. The van der Waals surface area contributed by atoms with Gasteiger partial charge in [-0.25, -0.2) is 0 Å². The van der Waals surface area contributed by atoms with Gasteiger partial charge in [-0.1, -0.05) is 0 Å². The van der Waals surface area contributed by atoms with Crippen LogP contribution in [0.15, 0.2) is 16.5 Å². The standard InChI is InChI=1S/C16H20O3/c17-13-5-1-3-11(9-13)15-7-8-16(19-15)12-4-2-6-14(18)10-12/h7-8,11-12H,1-6,9-10H2/t11-,12-/m1/s1. The third-order valence-corrected chi connectivity index (χ3v) is 4.42. The van der Waals surface area contributed by atoms with E-state index in [1.54, 1.807) is 0 Å². The van der Waals surface area contributed by atoms with Crippen molar-refractivity contribution in [1.29, 1.82) is 0 Å². The van der Waals surface area contributed by atoms with Crippen LogP contribution >= 0.6 is 0 Å². The zero-order chi connectivity index (χ0) is 13.2. The summed E-state index contributed by atoms with van der Waals surface area (Å²) in [5, 5.41) is 0. The van der Waals surface area contributed by atoms with E-state index in [0.717, 1.165) is 50.0 Å². The maximum Gasteiger partial charge on any atom is 0.133 e. The lowest BCUT2D eigenvalue weighted by Crippen LogP contribution is -2.13. The second-order valence-electron chi connectivity index (χ2n) is 5.90. The van der Waals surface area contributed by atoms with Crippen LogP contribution in [0, 0.1) is 0 Å². The fourth-order valence-electron chi connectivity index (χ4n) is 3.34. The van der Waals surface area contributed by atoms with Gasteiger partial charge in [-0.2, -0.15) is 0 Å². The van der Waals surface area contributed by atoms with E-state index in [1.165, 1.54) is 0 Å². The Morgan fingerprint density at radius 1 is 0.842 bits per heavy atom. The van der Waals surface area contributed by atoms with Gasteiger partial charge in [0.15, 0.2) is 0 Å². The summed E-state index contributed by atoms with van der Waals surface area (Å²) in [7, 11) is 0. The Hall–Kier alpha value is -1.38. The van der Waals surface area contributed by atoms with Gasteiger partial charge in [0.1, 0.15) is 23.1 Å². The highest BCUT2D eigenvalue weighted by Gasteiger charge is 2.27. The predicted octanol–water partition coefficient (Wildman–Crippen LogP) is 3.73. The van der Waals surface area contributed by atoms with Gasteiger partial charge < -0.3 is 4.42 Å². The Kier molecular flexibility index (Phi) is 3.54. The SMILES string of the molecule is O=C1CCC[C@@H](c2ccc([C@@H]3CCCC(=O)C3)o2)C1. The van der Waals surface area contributed by atoms with E-state index in [1.807, 2.05) is 12.1 Å². The summed E-state index contributed by atoms with van der Waals surface area (Å²) in [6, 6.07) is 4.02. The molecule has 0 N–H and O–H groups in total. The minimum atomic E-state index is 0.259. The third-order valence-electron chi connectivity index (χ3n) is 4.42. The van der Waals surface area contributed by atoms with Crippen molar-refractivity contribution >= 4 is 11.6 Å². The first-order valence-electron chi connectivity index (χ1n) is 7.35. The van der Waals surface area contributed by atoms with Crippen molar-refractivity contribution in [2.75, 3.05) is 0 Å². The van der Waals surface area contributed by atoms with Gasteiger partial charge in [-0.3, -0.25) is 9.59 Å². The average Bonchev–Trinajstić information content (AvgIpc) is 2.88. The zero-order valence-electron chi connectivity index (χ0n) is 11.2. The van der Waals surface area contributed by atoms with Gasteiger partial charge in [0.25, 0.3) is 0 Å². The number of carbonyl (C=O) groups is 2. The Labute approximate surface area is 113 Å². The first kappa shape index (κ1) is 12.6. The number of hydrogen-bond acceptors (Lipinski definition) is 3. The zero-order valence-corrected chi connectivity index (χ0v) is 11.2. The van der Waals surface area contributed by atoms with Crippen LogP contribution in [-0.4, -0.2) is 11.6 Å². The van der Waals surface area contributed by atoms with Gasteiger partial charge in [0, 0.05) is 37.5 Å². The lowest BCUT2D eigenvalue weighted by molar-refractivity contribution is -0.121. The Bertz CT molecular complexity index is 443. The molecule has 1 heterocycles. The van der Waals surface area contributed by atoms with Crippen LogP contribution in [0.2, 0.25) is 0 Å².